The molecule has 3 aromatic rings. The molecule has 0 fully saturated rings. The summed E-state index contributed by atoms with van der Waals surface area (Å²) in [7, 11) is 0. The van der Waals surface area contributed by atoms with Gasteiger partial charge in [-0.25, -0.2) is 0 Å². The Balaban J connectivity index is 2.43. The molecule has 80 valence electrons. The maximum absolute atomic E-state index is 5.70. The standard InChI is InChI=1S/C12H11N3O/c13-4-1-9-12-8-2-5-14-7-11(8)16-10(12)3-6-15-9/h2-3,5-7H,1,4,13H2. The largest absolute Gasteiger partial charge is 0.454 e. The van der Waals surface area contributed by atoms with Crippen LogP contribution in [0, 0.1) is 0 Å². The average molecular weight is 213 g/mol. The van der Waals surface area contributed by atoms with Gasteiger partial charge in [-0.3, -0.25) is 9.97 Å². The Morgan fingerprint density at radius 3 is 3.00 bits per heavy atom. The summed E-state index contributed by atoms with van der Waals surface area (Å²) in [5.41, 5.74) is 8.22. The first-order valence-electron chi connectivity index (χ1n) is 5.20. The lowest BCUT2D eigenvalue weighted by Crippen LogP contribution is -2.04. The van der Waals surface area contributed by atoms with Crippen LogP contribution in [0.5, 0.6) is 0 Å². The Hall–Kier alpha value is -1.94. The molecule has 2 N–H and O–H groups in total. The summed E-state index contributed by atoms with van der Waals surface area (Å²) in [6.45, 7) is 0.587. The maximum Gasteiger partial charge on any atom is 0.153 e. The van der Waals surface area contributed by atoms with Crippen molar-refractivity contribution in [2.75, 3.05) is 6.54 Å². The zero-order chi connectivity index (χ0) is 11.0. The molecular weight excluding hydrogens is 202 g/mol. The van der Waals surface area contributed by atoms with E-state index in [2.05, 4.69) is 9.97 Å². The third-order valence-electron chi connectivity index (χ3n) is 2.65. The minimum absolute atomic E-state index is 0.587. The van der Waals surface area contributed by atoms with Crippen molar-refractivity contribution in [1.82, 2.24) is 9.97 Å². The van der Waals surface area contributed by atoms with Gasteiger partial charge in [0.1, 0.15) is 5.58 Å². The maximum atomic E-state index is 5.70. The summed E-state index contributed by atoms with van der Waals surface area (Å²) < 4.78 is 5.70. The highest BCUT2D eigenvalue weighted by atomic mass is 16.3. The van der Waals surface area contributed by atoms with Crippen molar-refractivity contribution in [3.63, 3.8) is 0 Å². The van der Waals surface area contributed by atoms with Gasteiger partial charge in [0.25, 0.3) is 0 Å². The Morgan fingerprint density at radius 1 is 1.19 bits per heavy atom. The summed E-state index contributed by atoms with van der Waals surface area (Å²) >= 11 is 0. The van der Waals surface area contributed by atoms with Gasteiger partial charge in [0, 0.05) is 29.6 Å². The zero-order valence-electron chi connectivity index (χ0n) is 8.68. The molecule has 0 bridgehead atoms. The molecule has 0 unspecified atom stereocenters. The molecule has 4 heteroatoms. The second kappa shape index (κ2) is 3.57. The van der Waals surface area contributed by atoms with E-state index in [9.17, 15) is 0 Å². The molecule has 0 saturated carbocycles. The number of aromatic nitrogens is 2. The Bertz CT molecular complexity index is 645. The van der Waals surface area contributed by atoms with Crippen molar-refractivity contribution in [2.45, 2.75) is 6.42 Å². The van der Waals surface area contributed by atoms with Crippen LogP contribution in [0.15, 0.2) is 35.1 Å². The second-order valence-corrected chi connectivity index (χ2v) is 3.64. The number of hydrogen-bond donors (Lipinski definition) is 1. The number of furan rings is 1. The second-order valence-electron chi connectivity index (χ2n) is 3.64. The van der Waals surface area contributed by atoms with E-state index in [0.717, 1.165) is 34.1 Å². The van der Waals surface area contributed by atoms with Gasteiger partial charge in [0.15, 0.2) is 5.58 Å². The van der Waals surface area contributed by atoms with Gasteiger partial charge in [0.05, 0.1) is 11.9 Å². The topological polar surface area (TPSA) is 64.9 Å². The number of rotatable bonds is 2. The molecule has 0 amide bonds. The van der Waals surface area contributed by atoms with Gasteiger partial charge in [-0.2, -0.15) is 0 Å². The van der Waals surface area contributed by atoms with Crippen molar-refractivity contribution in [3.05, 3.63) is 36.4 Å². The van der Waals surface area contributed by atoms with Gasteiger partial charge in [0.2, 0.25) is 0 Å². The molecule has 3 aromatic heterocycles. The molecule has 3 rings (SSSR count). The van der Waals surface area contributed by atoms with E-state index in [4.69, 9.17) is 10.2 Å². The van der Waals surface area contributed by atoms with Crippen LogP contribution in [0.25, 0.3) is 21.9 Å². The highest BCUT2D eigenvalue weighted by Crippen LogP contribution is 2.29. The van der Waals surface area contributed by atoms with Gasteiger partial charge >= 0.3 is 0 Å². The van der Waals surface area contributed by atoms with E-state index >= 15 is 0 Å². The van der Waals surface area contributed by atoms with Gasteiger partial charge in [-0.05, 0) is 18.7 Å². The molecule has 4 nitrogen and oxygen atoms in total. The molecule has 0 aliphatic rings. The highest BCUT2D eigenvalue weighted by molar-refractivity contribution is 6.05. The lowest BCUT2D eigenvalue weighted by Gasteiger charge is -1.98. The SMILES string of the molecule is NCCc1nccc2oc3cnccc3c12. The molecule has 0 atom stereocenters. The van der Waals surface area contributed by atoms with Crippen LogP contribution in [0.4, 0.5) is 0 Å². The molecule has 0 spiro atoms. The van der Waals surface area contributed by atoms with Crippen molar-refractivity contribution in [2.24, 2.45) is 5.73 Å². The quantitative estimate of drug-likeness (QED) is 0.705. The van der Waals surface area contributed by atoms with Crippen LogP contribution >= 0.6 is 0 Å². The third kappa shape index (κ3) is 1.27. The fourth-order valence-corrected chi connectivity index (χ4v) is 1.97. The average Bonchev–Trinajstić information content (AvgIpc) is 2.68. The van der Waals surface area contributed by atoms with Crippen LogP contribution in [-0.2, 0) is 6.42 Å². The minimum Gasteiger partial charge on any atom is -0.454 e. The summed E-state index contributed by atoms with van der Waals surface area (Å²) in [5.74, 6) is 0. The van der Waals surface area contributed by atoms with Crippen molar-refractivity contribution in [1.29, 1.82) is 0 Å². The Kier molecular flexibility index (Phi) is 2.08. The molecule has 0 radical (unpaired) electrons. The first-order valence-corrected chi connectivity index (χ1v) is 5.20. The first kappa shape index (κ1) is 9.30. The molecule has 0 saturated heterocycles. The zero-order valence-corrected chi connectivity index (χ0v) is 8.68. The van der Waals surface area contributed by atoms with Crippen LogP contribution in [0.3, 0.4) is 0 Å². The van der Waals surface area contributed by atoms with E-state index in [1.165, 1.54) is 0 Å². The summed E-state index contributed by atoms with van der Waals surface area (Å²) in [5, 5.41) is 2.12. The molecular formula is C12H11N3O. The highest BCUT2D eigenvalue weighted by Gasteiger charge is 2.10. The van der Waals surface area contributed by atoms with Crippen LogP contribution in [0.1, 0.15) is 5.69 Å². The van der Waals surface area contributed by atoms with Crippen LogP contribution in [0.2, 0.25) is 0 Å². The summed E-state index contributed by atoms with van der Waals surface area (Å²) in [6.07, 6.45) is 6.00. The van der Waals surface area contributed by atoms with Gasteiger partial charge in [-0.1, -0.05) is 0 Å². The summed E-state index contributed by atoms with van der Waals surface area (Å²) in [6, 6.07) is 3.82. The molecule has 0 aliphatic heterocycles. The Labute approximate surface area is 92.1 Å². The van der Waals surface area contributed by atoms with Crippen LogP contribution in [-0.4, -0.2) is 16.5 Å². The van der Waals surface area contributed by atoms with E-state index in [0.29, 0.717) is 6.54 Å². The van der Waals surface area contributed by atoms with Crippen molar-refractivity contribution in [3.8, 4) is 0 Å². The van der Waals surface area contributed by atoms with Gasteiger partial charge in [-0.15, -0.1) is 0 Å². The van der Waals surface area contributed by atoms with E-state index < -0.39 is 0 Å². The van der Waals surface area contributed by atoms with E-state index in [1.807, 2.05) is 12.1 Å². The molecule has 0 aromatic carbocycles. The van der Waals surface area contributed by atoms with Crippen molar-refractivity contribution >= 4 is 21.9 Å². The van der Waals surface area contributed by atoms with E-state index in [1.54, 1.807) is 18.6 Å². The molecule has 16 heavy (non-hydrogen) atoms. The molecule has 3 heterocycles. The fourth-order valence-electron chi connectivity index (χ4n) is 1.97. The van der Waals surface area contributed by atoms with Crippen LogP contribution < -0.4 is 5.73 Å². The predicted octanol–water partition coefficient (Wildman–Crippen LogP) is 1.88. The minimum atomic E-state index is 0.587. The smallest absolute Gasteiger partial charge is 0.153 e. The normalized spacial score (nSPS) is 11.3. The Morgan fingerprint density at radius 2 is 2.12 bits per heavy atom. The third-order valence-corrected chi connectivity index (χ3v) is 2.65. The first-order chi connectivity index (χ1) is 7.90. The number of fused-ring (bicyclic) bond motifs is 3. The fraction of sp³-hybridized carbons (Fsp3) is 0.167. The predicted molar refractivity (Wildman–Crippen MR) is 62.1 cm³/mol. The summed E-state index contributed by atoms with van der Waals surface area (Å²) in [4.78, 5) is 8.40. The van der Waals surface area contributed by atoms with E-state index in [-0.39, 0.29) is 0 Å². The number of pyridine rings is 2. The lowest BCUT2D eigenvalue weighted by molar-refractivity contribution is 0.666. The monoisotopic (exact) mass is 213 g/mol. The van der Waals surface area contributed by atoms with Crippen molar-refractivity contribution < 1.29 is 4.42 Å². The number of nitrogens with zero attached hydrogens (tertiary/aromatic N) is 2. The molecule has 0 aliphatic carbocycles. The van der Waals surface area contributed by atoms with Gasteiger partial charge < -0.3 is 10.2 Å². The number of hydrogen-bond acceptors (Lipinski definition) is 4. The number of nitrogens with two attached hydrogens (primary N) is 1. The lowest BCUT2D eigenvalue weighted by atomic mass is 10.1.